The Bertz CT molecular complexity index is 869. The molecule has 1 saturated heterocycles. The molecular formula is C20H24N2O6. The number of fused-ring (bicyclic) bond motifs is 1. The number of nitrogens with zero attached hydrogens (tertiary/aromatic N) is 2. The van der Waals surface area contributed by atoms with E-state index in [-0.39, 0.29) is 18.9 Å². The van der Waals surface area contributed by atoms with Crippen molar-refractivity contribution in [3.63, 3.8) is 0 Å². The highest BCUT2D eigenvalue weighted by Crippen LogP contribution is 2.22. The lowest BCUT2D eigenvalue weighted by molar-refractivity contribution is -0.152. The predicted octanol–water partition coefficient (Wildman–Crippen LogP) is 1.14. The smallest absolute Gasteiger partial charge is 0.310 e. The SMILES string of the molecule is Cc1ccc2c(CC(=O)OCC(=O)N(C)CC(=O)N3CCOCC3)coc2c1. The zero-order valence-electron chi connectivity index (χ0n) is 16.1. The number of ether oxygens (including phenoxy) is 2. The second-order valence-corrected chi connectivity index (χ2v) is 6.84. The third-order valence-electron chi connectivity index (χ3n) is 4.66. The number of benzene rings is 1. The largest absolute Gasteiger partial charge is 0.464 e. The van der Waals surface area contributed by atoms with Gasteiger partial charge in [-0.15, -0.1) is 0 Å². The second-order valence-electron chi connectivity index (χ2n) is 6.84. The van der Waals surface area contributed by atoms with Crippen molar-refractivity contribution < 1.29 is 28.3 Å². The highest BCUT2D eigenvalue weighted by atomic mass is 16.5. The van der Waals surface area contributed by atoms with E-state index in [0.717, 1.165) is 10.9 Å². The lowest BCUT2D eigenvalue weighted by atomic mass is 10.1. The quantitative estimate of drug-likeness (QED) is 0.690. The minimum atomic E-state index is -0.524. The molecule has 0 unspecified atom stereocenters. The molecule has 1 fully saturated rings. The molecule has 0 saturated carbocycles. The van der Waals surface area contributed by atoms with Crippen LogP contribution in [0.1, 0.15) is 11.1 Å². The summed E-state index contributed by atoms with van der Waals surface area (Å²) in [5, 5.41) is 0.849. The van der Waals surface area contributed by atoms with Gasteiger partial charge in [0.25, 0.3) is 5.91 Å². The van der Waals surface area contributed by atoms with Crippen LogP contribution >= 0.6 is 0 Å². The molecule has 0 aliphatic carbocycles. The van der Waals surface area contributed by atoms with Crippen LogP contribution in [0.15, 0.2) is 28.9 Å². The Morgan fingerprint density at radius 2 is 1.96 bits per heavy atom. The molecule has 1 aromatic carbocycles. The maximum atomic E-state index is 12.2. The zero-order chi connectivity index (χ0) is 20.1. The number of carbonyl (C=O) groups excluding carboxylic acids is 3. The number of hydrogen-bond acceptors (Lipinski definition) is 6. The number of esters is 1. The van der Waals surface area contributed by atoms with E-state index in [9.17, 15) is 14.4 Å². The topological polar surface area (TPSA) is 89.3 Å². The fourth-order valence-electron chi connectivity index (χ4n) is 2.99. The number of aryl methyl sites for hydroxylation is 1. The fourth-order valence-corrected chi connectivity index (χ4v) is 2.99. The molecule has 1 aromatic heterocycles. The number of morpholine rings is 1. The summed E-state index contributed by atoms with van der Waals surface area (Å²) in [5.41, 5.74) is 2.49. The van der Waals surface area contributed by atoms with Crippen LogP contribution in [0.4, 0.5) is 0 Å². The summed E-state index contributed by atoms with van der Waals surface area (Å²) >= 11 is 0. The van der Waals surface area contributed by atoms with Crippen molar-refractivity contribution in [2.45, 2.75) is 13.3 Å². The molecule has 28 heavy (non-hydrogen) atoms. The van der Waals surface area contributed by atoms with Crippen LogP contribution < -0.4 is 0 Å². The average molecular weight is 388 g/mol. The minimum Gasteiger partial charge on any atom is -0.464 e. The molecule has 1 aliphatic rings. The Morgan fingerprint density at radius 3 is 2.71 bits per heavy atom. The van der Waals surface area contributed by atoms with E-state index in [1.54, 1.807) is 4.90 Å². The molecule has 0 radical (unpaired) electrons. The third-order valence-corrected chi connectivity index (χ3v) is 4.66. The van der Waals surface area contributed by atoms with Crippen LogP contribution in [0.3, 0.4) is 0 Å². The van der Waals surface area contributed by atoms with Crippen LogP contribution in [-0.2, 0) is 30.3 Å². The van der Waals surface area contributed by atoms with Crippen molar-refractivity contribution >= 4 is 28.8 Å². The molecule has 1 aliphatic heterocycles. The first-order valence-electron chi connectivity index (χ1n) is 9.16. The number of carbonyl (C=O) groups is 3. The first-order valence-corrected chi connectivity index (χ1v) is 9.16. The van der Waals surface area contributed by atoms with Crippen LogP contribution in [0, 0.1) is 6.92 Å². The zero-order valence-corrected chi connectivity index (χ0v) is 16.1. The van der Waals surface area contributed by atoms with E-state index in [0.29, 0.717) is 37.4 Å². The second kappa shape index (κ2) is 8.88. The highest BCUT2D eigenvalue weighted by Gasteiger charge is 2.21. The molecule has 3 rings (SSSR count). The lowest BCUT2D eigenvalue weighted by Crippen LogP contribution is -2.46. The molecule has 0 bridgehead atoms. The predicted molar refractivity (Wildman–Crippen MR) is 101 cm³/mol. The Morgan fingerprint density at radius 1 is 1.21 bits per heavy atom. The Hall–Kier alpha value is -2.87. The summed E-state index contributed by atoms with van der Waals surface area (Å²) in [6.45, 7) is 3.55. The number of amides is 2. The molecule has 0 N–H and O–H groups in total. The summed E-state index contributed by atoms with van der Waals surface area (Å²) < 4.78 is 15.7. The molecular weight excluding hydrogens is 364 g/mol. The van der Waals surface area contributed by atoms with Gasteiger partial charge in [0, 0.05) is 31.1 Å². The Balaban J connectivity index is 1.46. The lowest BCUT2D eigenvalue weighted by Gasteiger charge is -2.28. The van der Waals surface area contributed by atoms with Crippen LogP contribution in [0.2, 0.25) is 0 Å². The van der Waals surface area contributed by atoms with E-state index in [1.165, 1.54) is 18.2 Å². The van der Waals surface area contributed by atoms with Crippen molar-refractivity contribution in [2.75, 3.05) is 46.5 Å². The van der Waals surface area contributed by atoms with E-state index >= 15 is 0 Å². The molecule has 8 nitrogen and oxygen atoms in total. The maximum Gasteiger partial charge on any atom is 0.310 e. The Kier molecular flexibility index (Phi) is 6.30. The number of likely N-dealkylation sites (N-methyl/N-ethyl adjacent to an activating group) is 1. The average Bonchev–Trinajstić information content (AvgIpc) is 3.08. The van der Waals surface area contributed by atoms with Crippen molar-refractivity contribution in [3.05, 3.63) is 35.6 Å². The standard InChI is InChI=1S/C20H24N2O6/c1-14-3-4-16-15(12-27-17(16)9-14)10-20(25)28-13-19(24)21(2)11-18(23)22-5-7-26-8-6-22/h3-4,9,12H,5-8,10-11,13H2,1-2H3. The summed E-state index contributed by atoms with van der Waals surface area (Å²) in [6.07, 6.45) is 1.54. The van der Waals surface area contributed by atoms with E-state index in [2.05, 4.69) is 0 Å². The van der Waals surface area contributed by atoms with Crippen molar-refractivity contribution in [2.24, 2.45) is 0 Å². The monoisotopic (exact) mass is 388 g/mol. The van der Waals surface area contributed by atoms with Crippen molar-refractivity contribution in [3.8, 4) is 0 Å². The number of furan rings is 1. The molecule has 0 spiro atoms. The van der Waals surface area contributed by atoms with E-state index < -0.39 is 18.5 Å². The van der Waals surface area contributed by atoms with Gasteiger partial charge >= 0.3 is 5.97 Å². The number of rotatable bonds is 6. The van der Waals surface area contributed by atoms with Gasteiger partial charge in [-0.25, -0.2) is 0 Å². The van der Waals surface area contributed by atoms with Gasteiger partial charge in [-0.2, -0.15) is 0 Å². The molecule has 2 aromatic rings. The normalized spacial score (nSPS) is 14.1. The summed E-state index contributed by atoms with van der Waals surface area (Å²) in [4.78, 5) is 39.3. The van der Waals surface area contributed by atoms with Crippen molar-refractivity contribution in [1.82, 2.24) is 9.80 Å². The molecule has 8 heteroatoms. The molecule has 150 valence electrons. The first-order chi connectivity index (χ1) is 13.4. The Labute approximate surface area is 163 Å². The number of hydrogen-bond donors (Lipinski definition) is 0. The van der Waals surface area contributed by atoms with Gasteiger partial charge in [0.05, 0.1) is 32.4 Å². The molecule has 2 heterocycles. The van der Waals surface area contributed by atoms with Gasteiger partial charge in [0.15, 0.2) is 6.61 Å². The third kappa shape index (κ3) is 4.89. The summed E-state index contributed by atoms with van der Waals surface area (Å²) in [7, 11) is 1.51. The minimum absolute atomic E-state index is 0.0137. The summed E-state index contributed by atoms with van der Waals surface area (Å²) in [6, 6.07) is 5.73. The van der Waals surface area contributed by atoms with Gasteiger partial charge < -0.3 is 23.7 Å². The van der Waals surface area contributed by atoms with Gasteiger partial charge in [-0.3, -0.25) is 14.4 Å². The molecule has 2 amide bonds. The van der Waals surface area contributed by atoms with E-state index in [4.69, 9.17) is 13.9 Å². The maximum absolute atomic E-state index is 12.2. The fraction of sp³-hybridized carbons (Fsp3) is 0.450. The molecule has 0 atom stereocenters. The summed E-state index contributed by atoms with van der Waals surface area (Å²) in [5.74, 6) is -1.10. The first kappa shape index (κ1) is 19.9. The van der Waals surface area contributed by atoms with Gasteiger partial charge in [0.2, 0.25) is 5.91 Å². The van der Waals surface area contributed by atoms with Crippen LogP contribution in [-0.4, -0.2) is 74.1 Å². The van der Waals surface area contributed by atoms with E-state index in [1.807, 2.05) is 25.1 Å². The van der Waals surface area contributed by atoms with Gasteiger partial charge in [-0.1, -0.05) is 12.1 Å². The van der Waals surface area contributed by atoms with Gasteiger partial charge in [-0.05, 0) is 18.6 Å². The van der Waals surface area contributed by atoms with Crippen molar-refractivity contribution in [1.29, 1.82) is 0 Å². The van der Waals surface area contributed by atoms with Crippen LogP contribution in [0.25, 0.3) is 11.0 Å². The van der Waals surface area contributed by atoms with Crippen LogP contribution in [0.5, 0.6) is 0 Å². The highest BCUT2D eigenvalue weighted by molar-refractivity contribution is 5.88. The van der Waals surface area contributed by atoms with Gasteiger partial charge in [0.1, 0.15) is 5.58 Å².